The second-order valence-corrected chi connectivity index (χ2v) is 6.04. The van der Waals surface area contributed by atoms with Gasteiger partial charge in [-0.3, -0.25) is 14.1 Å². The van der Waals surface area contributed by atoms with Crippen molar-refractivity contribution in [1.29, 1.82) is 0 Å². The number of fused-ring (bicyclic) bond motifs is 2. The molecule has 5 nitrogen and oxygen atoms in total. The van der Waals surface area contributed by atoms with E-state index >= 15 is 0 Å². The van der Waals surface area contributed by atoms with Crippen LogP contribution >= 0.6 is 0 Å². The van der Waals surface area contributed by atoms with Gasteiger partial charge in [0.05, 0.1) is 5.69 Å². The van der Waals surface area contributed by atoms with Gasteiger partial charge in [0.1, 0.15) is 5.65 Å². The molecule has 4 heterocycles. The van der Waals surface area contributed by atoms with Gasteiger partial charge in [0.2, 0.25) is 0 Å². The highest BCUT2D eigenvalue weighted by atomic mass is 16.1. The Morgan fingerprint density at radius 1 is 1.29 bits per heavy atom. The molecule has 2 unspecified atom stereocenters. The first kappa shape index (κ1) is 13.0. The molecule has 2 aromatic rings. The minimum Gasteiger partial charge on any atom is -0.307 e. The van der Waals surface area contributed by atoms with Crippen LogP contribution in [0, 0.1) is 0 Å². The topological polar surface area (TPSA) is 49.6 Å². The Morgan fingerprint density at radius 2 is 2.24 bits per heavy atom. The molecule has 0 amide bonds. The molecule has 21 heavy (non-hydrogen) atoms. The lowest BCUT2D eigenvalue weighted by Gasteiger charge is -2.21. The second-order valence-electron chi connectivity index (χ2n) is 6.04. The minimum absolute atomic E-state index is 0.00804. The molecule has 2 atom stereocenters. The molecule has 2 aromatic heterocycles. The van der Waals surface area contributed by atoms with Crippen molar-refractivity contribution in [3.63, 3.8) is 0 Å². The fourth-order valence-corrected chi connectivity index (χ4v) is 3.75. The van der Waals surface area contributed by atoms with Crippen LogP contribution in [0.15, 0.2) is 35.3 Å². The van der Waals surface area contributed by atoms with Crippen LogP contribution in [-0.4, -0.2) is 39.5 Å². The van der Waals surface area contributed by atoms with Crippen LogP contribution < -0.4 is 10.9 Å². The summed E-state index contributed by atoms with van der Waals surface area (Å²) in [6.07, 6.45) is 5.58. The molecule has 0 aromatic carbocycles. The maximum absolute atomic E-state index is 12.1. The zero-order valence-corrected chi connectivity index (χ0v) is 12.0. The van der Waals surface area contributed by atoms with E-state index in [1.165, 1.54) is 32.4 Å². The van der Waals surface area contributed by atoms with Crippen molar-refractivity contribution in [3.8, 4) is 0 Å². The van der Waals surface area contributed by atoms with Crippen LogP contribution in [0.1, 0.15) is 25.0 Å². The first-order chi connectivity index (χ1) is 10.3. The largest absolute Gasteiger partial charge is 0.307 e. The van der Waals surface area contributed by atoms with Crippen molar-refractivity contribution >= 4 is 5.65 Å². The number of nitrogens with zero attached hydrogens (tertiary/aromatic N) is 3. The van der Waals surface area contributed by atoms with E-state index in [9.17, 15) is 4.79 Å². The molecule has 0 spiro atoms. The average Bonchev–Trinajstić information content (AvgIpc) is 3.09. The monoisotopic (exact) mass is 284 g/mol. The highest BCUT2D eigenvalue weighted by molar-refractivity contribution is 5.37. The molecule has 0 radical (unpaired) electrons. The third-order valence-electron chi connectivity index (χ3n) is 4.78. The fourth-order valence-electron chi connectivity index (χ4n) is 3.75. The molecule has 5 heteroatoms. The smallest absolute Gasteiger partial charge is 0.258 e. The number of hydrogen-bond acceptors (Lipinski definition) is 4. The van der Waals surface area contributed by atoms with E-state index in [4.69, 9.17) is 0 Å². The van der Waals surface area contributed by atoms with Gasteiger partial charge in [0.25, 0.3) is 5.56 Å². The van der Waals surface area contributed by atoms with Gasteiger partial charge in [-0.2, -0.15) is 0 Å². The molecule has 2 aliphatic heterocycles. The third-order valence-corrected chi connectivity index (χ3v) is 4.78. The summed E-state index contributed by atoms with van der Waals surface area (Å²) >= 11 is 0. The SMILES string of the molecule is O=c1cc(CNC2CCN3CCCC23)nc2ccccn12. The van der Waals surface area contributed by atoms with Gasteiger partial charge in [-0.1, -0.05) is 6.07 Å². The van der Waals surface area contributed by atoms with Crippen LogP contribution in [0.5, 0.6) is 0 Å². The van der Waals surface area contributed by atoms with Crippen LogP contribution in [0.2, 0.25) is 0 Å². The fraction of sp³-hybridized carbons (Fsp3) is 0.500. The Balaban J connectivity index is 1.51. The summed E-state index contributed by atoms with van der Waals surface area (Å²) in [6, 6.07) is 8.50. The summed E-state index contributed by atoms with van der Waals surface area (Å²) in [7, 11) is 0. The van der Waals surface area contributed by atoms with Gasteiger partial charge in [0.15, 0.2) is 0 Å². The second kappa shape index (κ2) is 5.24. The summed E-state index contributed by atoms with van der Waals surface area (Å²) in [5.41, 5.74) is 1.55. The highest BCUT2D eigenvalue weighted by Crippen LogP contribution is 2.27. The lowest BCUT2D eigenvalue weighted by molar-refractivity contribution is 0.298. The molecule has 1 N–H and O–H groups in total. The maximum atomic E-state index is 12.1. The molecule has 0 saturated carbocycles. The van der Waals surface area contributed by atoms with Crippen molar-refractivity contribution in [2.24, 2.45) is 0 Å². The van der Waals surface area contributed by atoms with E-state index in [-0.39, 0.29) is 5.56 Å². The van der Waals surface area contributed by atoms with E-state index < -0.39 is 0 Å². The third kappa shape index (κ3) is 2.36. The van der Waals surface area contributed by atoms with Gasteiger partial charge < -0.3 is 5.32 Å². The summed E-state index contributed by atoms with van der Waals surface area (Å²) < 4.78 is 1.58. The number of nitrogens with one attached hydrogen (secondary N) is 1. The van der Waals surface area contributed by atoms with E-state index in [0.29, 0.717) is 18.6 Å². The molecular formula is C16H20N4O. The summed E-state index contributed by atoms with van der Waals surface area (Å²) in [4.78, 5) is 19.2. The summed E-state index contributed by atoms with van der Waals surface area (Å²) in [6.45, 7) is 3.13. The maximum Gasteiger partial charge on any atom is 0.258 e. The van der Waals surface area contributed by atoms with Crippen molar-refractivity contribution < 1.29 is 0 Å². The molecule has 2 aliphatic rings. The Morgan fingerprint density at radius 3 is 3.19 bits per heavy atom. The van der Waals surface area contributed by atoms with Crippen molar-refractivity contribution in [3.05, 3.63) is 46.5 Å². The summed E-state index contributed by atoms with van der Waals surface area (Å²) in [5.74, 6) is 0. The van der Waals surface area contributed by atoms with Gasteiger partial charge in [-0.25, -0.2) is 4.98 Å². The van der Waals surface area contributed by atoms with Crippen molar-refractivity contribution in [1.82, 2.24) is 19.6 Å². The Bertz CT molecular complexity index is 711. The number of hydrogen-bond donors (Lipinski definition) is 1. The number of aromatic nitrogens is 2. The molecule has 2 fully saturated rings. The molecule has 0 bridgehead atoms. The van der Waals surface area contributed by atoms with Gasteiger partial charge in [-0.15, -0.1) is 0 Å². The van der Waals surface area contributed by atoms with E-state index in [2.05, 4.69) is 15.2 Å². The zero-order chi connectivity index (χ0) is 14.2. The zero-order valence-electron chi connectivity index (χ0n) is 12.0. The lowest BCUT2D eigenvalue weighted by Crippen LogP contribution is -2.39. The van der Waals surface area contributed by atoms with Crippen molar-refractivity contribution in [2.75, 3.05) is 13.1 Å². The number of rotatable bonds is 3. The lowest BCUT2D eigenvalue weighted by atomic mass is 10.1. The quantitative estimate of drug-likeness (QED) is 0.914. The summed E-state index contributed by atoms with van der Waals surface area (Å²) in [5, 5.41) is 3.61. The Labute approximate surface area is 123 Å². The molecule has 0 aliphatic carbocycles. The molecular weight excluding hydrogens is 264 g/mol. The Hall–Kier alpha value is -1.72. The van der Waals surface area contributed by atoms with E-state index in [1.807, 2.05) is 18.2 Å². The Kier molecular flexibility index (Phi) is 3.24. The van der Waals surface area contributed by atoms with E-state index in [0.717, 1.165) is 11.3 Å². The van der Waals surface area contributed by atoms with Crippen LogP contribution in [0.3, 0.4) is 0 Å². The van der Waals surface area contributed by atoms with Crippen LogP contribution in [0.4, 0.5) is 0 Å². The average molecular weight is 284 g/mol. The molecule has 4 rings (SSSR count). The molecule has 2 saturated heterocycles. The highest BCUT2D eigenvalue weighted by Gasteiger charge is 2.36. The van der Waals surface area contributed by atoms with Crippen molar-refractivity contribution in [2.45, 2.75) is 37.9 Å². The van der Waals surface area contributed by atoms with E-state index in [1.54, 1.807) is 16.7 Å². The van der Waals surface area contributed by atoms with Crippen LogP contribution in [-0.2, 0) is 6.54 Å². The number of pyridine rings is 1. The first-order valence-corrected chi connectivity index (χ1v) is 7.76. The van der Waals surface area contributed by atoms with Gasteiger partial charge in [-0.05, 0) is 37.9 Å². The van der Waals surface area contributed by atoms with Gasteiger partial charge in [0, 0.05) is 37.4 Å². The predicted octanol–water partition coefficient (Wildman–Crippen LogP) is 1.02. The normalized spacial score (nSPS) is 25.5. The standard InChI is InChI=1S/C16H20N4O/c21-16-10-12(18-15-5-1-2-8-20(15)16)11-17-13-6-9-19-7-3-4-14(13)19/h1-2,5,8,10,13-14,17H,3-4,6-7,9,11H2. The predicted molar refractivity (Wildman–Crippen MR) is 81.3 cm³/mol. The molecule has 110 valence electrons. The van der Waals surface area contributed by atoms with Crippen LogP contribution in [0.25, 0.3) is 5.65 Å². The minimum atomic E-state index is -0.00804. The first-order valence-electron chi connectivity index (χ1n) is 7.76. The van der Waals surface area contributed by atoms with Gasteiger partial charge >= 0.3 is 0 Å².